The van der Waals surface area contributed by atoms with Crippen LogP contribution in [0.2, 0.25) is 8.67 Å². The van der Waals surface area contributed by atoms with Crippen molar-refractivity contribution < 1.29 is 24.2 Å². The zero-order valence-corrected chi connectivity index (χ0v) is 21.4. The second kappa shape index (κ2) is 11.5. The van der Waals surface area contributed by atoms with Crippen molar-refractivity contribution in [1.82, 2.24) is 5.32 Å². The second-order valence-corrected chi connectivity index (χ2v) is 11.0. The molecule has 4 rings (SSSR count). The average Bonchev–Trinajstić information content (AvgIpc) is 3.49. The molecule has 0 saturated carbocycles. The molecule has 1 aromatic carbocycles. The number of hydrogen-bond acceptors (Lipinski definition) is 7. The Morgan fingerprint density at radius 1 is 1.06 bits per heavy atom. The third-order valence-corrected chi connectivity index (χ3v) is 7.63. The molecule has 2 N–H and O–H groups in total. The van der Waals surface area contributed by atoms with E-state index in [2.05, 4.69) is 5.32 Å². The van der Waals surface area contributed by atoms with Crippen molar-refractivity contribution >= 4 is 75.0 Å². The topological polar surface area (TPSA) is 99.2 Å². The van der Waals surface area contributed by atoms with Gasteiger partial charge in [0.1, 0.15) is 6.61 Å². The zero-order chi connectivity index (χ0) is 24.9. The Morgan fingerprint density at radius 2 is 1.71 bits per heavy atom. The van der Waals surface area contributed by atoms with Crippen molar-refractivity contribution in [2.45, 2.75) is 6.10 Å². The molecule has 3 amide bonds. The van der Waals surface area contributed by atoms with Crippen LogP contribution >= 0.6 is 45.9 Å². The fourth-order valence-corrected chi connectivity index (χ4v) is 5.43. The van der Waals surface area contributed by atoms with Crippen molar-refractivity contribution in [1.29, 1.82) is 0 Å². The number of hydrogen-bond donors (Lipinski definition) is 2. The van der Waals surface area contributed by atoms with Gasteiger partial charge in [0.15, 0.2) is 0 Å². The highest BCUT2D eigenvalue weighted by Crippen LogP contribution is 2.27. The maximum absolute atomic E-state index is 13.3. The number of nitrogens with zero attached hydrogens (tertiary/aromatic N) is 2. The Bertz CT molecular complexity index is 1210. The molecular formula is C23H21Cl2N3O5S2. The number of halogens is 2. The minimum atomic E-state index is -1.05. The standard InChI is InChI=1S/C23H21Cl2N3O5S2/c24-19-7-5-17(34-19)22(31)26-11-16(29)12-28(23(32)18-6-8-20(25)35-18)15-3-1-14(2-4-15)27-9-10-33-13-21(27)30/h1-8,16,29H,9-13H2,(H,26,31)/t16-/m0/s1. The van der Waals surface area contributed by atoms with Crippen molar-refractivity contribution in [3.05, 3.63) is 67.0 Å². The summed E-state index contributed by atoms with van der Waals surface area (Å²) >= 11 is 14.2. The summed E-state index contributed by atoms with van der Waals surface area (Å²) in [6.07, 6.45) is -1.05. The Kier molecular flexibility index (Phi) is 8.42. The van der Waals surface area contributed by atoms with Gasteiger partial charge in [0.2, 0.25) is 0 Å². The van der Waals surface area contributed by atoms with Gasteiger partial charge in [0.25, 0.3) is 17.7 Å². The van der Waals surface area contributed by atoms with E-state index in [0.717, 1.165) is 22.7 Å². The number of aliphatic hydroxyl groups excluding tert-OH is 1. The number of anilines is 2. The first-order valence-corrected chi connectivity index (χ1v) is 13.0. The van der Waals surface area contributed by atoms with Gasteiger partial charge < -0.3 is 25.0 Å². The van der Waals surface area contributed by atoms with Gasteiger partial charge in [-0.25, -0.2) is 0 Å². The number of aliphatic hydroxyl groups is 1. The number of morpholine rings is 1. The second-order valence-electron chi connectivity index (χ2n) is 7.60. The van der Waals surface area contributed by atoms with Gasteiger partial charge in [-0.1, -0.05) is 23.2 Å². The molecule has 1 atom stereocenters. The minimum Gasteiger partial charge on any atom is -0.389 e. The summed E-state index contributed by atoms with van der Waals surface area (Å²) in [6.45, 7) is 0.787. The fraction of sp³-hybridized carbons (Fsp3) is 0.261. The number of benzene rings is 1. The molecule has 1 aliphatic rings. The quantitative estimate of drug-likeness (QED) is 0.440. The number of carbonyl (C=O) groups is 3. The van der Waals surface area contributed by atoms with Gasteiger partial charge in [-0.3, -0.25) is 14.4 Å². The molecular weight excluding hydrogens is 533 g/mol. The van der Waals surface area contributed by atoms with E-state index in [0.29, 0.717) is 43.0 Å². The number of nitrogens with one attached hydrogen (secondary N) is 1. The van der Waals surface area contributed by atoms with Crippen molar-refractivity contribution in [3.63, 3.8) is 0 Å². The molecule has 12 heteroatoms. The van der Waals surface area contributed by atoms with Crippen LogP contribution in [-0.2, 0) is 9.53 Å². The summed E-state index contributed by atoms with van der Waals surface area (Å²) in [5.74, 6) is -0.834. The Morgan fingerprint density at radius 3 is 2.31 bits per heavy atom. The van der Waals surface area contributed by atoms with Crippen LogP contribution in [0.5, 0.6) is 0 Å². The van der Waals surface area contributed by atoms with Crippen LogP contribution in [0.25, 0.3) is 0 Å². The largest absolute Gasteiger partial charge is 0.389 e. The average molecular weight is 554 g/mol. The first kappa shape index (κ1) is 25.6. The van der Waals surface area contributed by atoms with Crippen LogP contribution in [-0.4, -0.2) is 61.8 Å². The molecule has 0 bridgehead atoms. The van der Waals surface area contributed by atoms with E-state index in [-0.39, 0.29) is 37.4 Å². The molecule has 0 unspecified atom stereocenters. The lowest BCUT2D eigenvalue weighted by Gasteiger charge is -2.28. The molecule has 2 aromatic heterocycles. The maximum Gasteiger partial charge on any atom is 0.268 e. The third-order valence-electron chi connectivity index (χ3n) is 5.18. The van der Waals surface area contributed by atoms with Crippen molar-refractivity contribution in [2.75, 3.05) is 42.6 Å². The van der Waals surface area contributed by atoms with Gasteiger partial charge in [0, 0.05) is 24.5 Å². The summed E-state index contributed by atoms with van der Waals surface area (Å²) in [7, 11) is 0. The molecule has 0 radical (unpaired) electrons. The Labute approximate surface area is 219 Å². The highest BCUT2D eigenvalue weighted by Gasteiger charge is 2.25. The number of amides is 3. The predicted molar refractivity (Wildman–Crippen MR) is 138 cm³/mol. The molecule has 0 spiro atoms. The SMILES string of the molecule is O=C(NC[C@H](O)CN(C(=O)c1ccc(Cl)s1)c1ccc(N2CCOCC2=O)cc1)c1ccc(Cl)s1. The summed E-state index contributed by atoms with van der Waals surface area (Å²) in [4.78, 5) is 41.6. The lowest BCUT2D eigenvalue weighted by molar-refractivity contribution is -0.125. The van der Waals surface area contributed by atoms with Gasteiger partial charge in [-0.05, 0) is 48.5 Å². The maximum atomic E-state index is 13.3. The summed E-state index contributed by atoms with van der Waals surface area (Å²) in [5, 5.41) is 13.3. The van der Waals surface area contributed by atoms with E-state index in [9.17, 15) is 19.5 Å². The lowest BCUT2D eigenvalue weighted by atomic mass is 10.2. The molecule has 3 heterocycles. The monoisotopic (exact) mass is 553 g/mol. The third kappa shape index (κ3) is 6.40. The van der Waals surface area contributed by atoms with Crippen LogP contribution in [0.3, 0.4) is 0 Å². The molecule has 1 aliphatic heterocycles. The van der Waals surface area contributed by atoms with E-state index in [4.69, 9.17) is 27.9 Å². The van der Waals surface area contributed by atoms with Crippen LogP contribution in [0.1, 0.15) is 19.3 Å². The number of rotatable bonds is 8. The van der Waals surface area contributed by atoms with Crippen LogP contribution < -0.4 is 15.1 Å². The highest BCUT2D eigenvalue weighted by molar-refractivity contribution is 7.18. The molecule has 8 nitrogen and oxygen atoms in total. The number of carbonyl (C=O) groups excluding carboxylic acids is 3. The summed E-state index contributed by atoms with van der Waals surface area (Å²) in [6, 6.07) is 13.4. The van der Waals surface area contributed by atoms with E-state index < -0.39 is 6.10 Å². The first-order valence-electron chi connectivity index (χ1n) is 10.6. The Balaban J connectivity index is 1.49. The van der Waals surface area contributed by atoms with Crippen LogP contribution in [0.15, 0.2) is 48.5 Å². The van der Waals surface area contributed by atoms with Gasteiger partial charge >= 0.3 is 0 Å². The molecule has 1 fully saturated rings. The minimum absolute atomic E-state index is 0.0289. The zero-order valence-electron chi connectivity index (χ0n) is 18.3. The van der Waals surface area contributed by atoms with E-state index in [1.165, 1.54) is 4.90 Å². The summed E-state index contributed by atoms with van der Waals surface area (Å²) < 4.78 is 6.13. The lowest BCUT2D eigenvalue weighted by Crippen LogP contribution is -2.43. The van der Waals surface area contributed by atoms with Gasteiger partial charge in [0.05, 0.1) is 37.7 Å². The first-order chi connectivity index (χ1) is 16.8. The predicted octanol–water partition coefficient (Wildman–Crippen LogP) is 3.92. The van der Waals surface area contributed by atoms with Crippen LogP contribution in [0.4, 0.5) is 11.4 Å². The van der Waals surface area contributed by atoms with Crippen molar-refractivity contribution in [2.24, 2.45) is 0 Å². The summed E-state index contributed by atoms with van der Waals surface area (Å²) in [5.41, 5.74) is 1.22. The van der Waals surface area contributed by atoms with E-state index >= 15 is 0 Å². The number of ether oxygens (including phenoxy) is 1. The van der Waals surface area contributed by atoms with Gasteiger partial charge in [-0.15, -0.1) is 22.7 Å². The number of thiophene rings is 2. The molecule has 0 aliphatic carbocycles. The molecule has 35 heavy (non-hydrogen) atoms. The van der Waals surface area contributed by atoms with Gasteiger partial charge in [-0.2, -0.15) is 0 Å². The highest BCUT2D eigenvalue weighted by atomic mass is 35.5. The van der Waals surface area contributed by atoms with Crippen molar-refractivity contribution in [3.8, 4) is 0 Å². The molecule has 1 saturated heterocycles. The van der Waals surface area contributed by atoms with E-state index in [1.54, 1.807) is 53.4 Å². The normalized spacial score (nSPS) is 14.6. The Hall–Kier alpha value is -2.47. The van der Waals surface area contributed by atoms with E-state index in [1.807, 2.05) is 0 Å². The fourth-order valence-electron chi connectivity index (χ4n) is 3.48. The molecule has 3 aromatic rings. The molecule has 184 valence electrons. The smallest absolute Gasteiger partial charge is 0.268 e. The van der Waals surface area contributed by atoms with Crippen LogP contribution in [0, 0.1) is 0 Å².